The molecule has 0 aliphatic heterocycles. The molecule has 7 aromatic rings. The lowest BCUT2D eigenvalue weighted by atomic mass is 9.12. The van der Waals surface area contributed by atoms with Crippen LogP contribution in [0.2, 0.25) is 5.02 Å². The van der Waals surface area contributed by atoms with Gasteiger partial charge in [-0.1, -0.05) is 41.9 Å². The molecule has 1 aromatic heterocycles. The third-order valence-electron chi connectivity index (χ3n) is 9.33. The van der Waals surface area contributed by atoms with Crippen LogP contribution < -0.4 is 31.4 Å². The van der Waals surface area contributed by atoms with Gasteiger partial charge in [-0.3, -0.25) is 4.98 Å². The molecule has 25 heteroatoms. The Morgan fingerprint density at radius 2 is 0.667 bits per heavy atom. The Bertz CT molecular complexity index is 2630. The van der Waals surface area contributed by atoms with Gasteiger partial charge in [0.05, 0.1) is 17.4 Å². The Labute approximate surface area is 340 Å². The predicted molar refractivity (Wildman–Crippen MR) is 179 cm³/mol. The van der Waals surface area contributed by atoms with Crippen molar-refractivity contribution in [2.75, 3.05) is 0 Å². The molecule has 0 fully saturated rings. The van der Waals surface area contributed by atoms with Gasteiger partial charge in [-0.2, -0.15) is 0 Å². The first-order valence-corrected chi connectivity index (χ1v) is 16.8. The summed E-state index contributed by atoms with van der Waals surface area (Å²) in [4.78, 5) is 9.71. The molecule has 0 unspecified atom stereocenters. The molecule has 0 saturated carbocycles. The number of rotatable bonds is 6. The van der Waals surface area contributed by atoms with Gasteiger partial charge in [0.2, 0.25) is 18.1 Å². The number of fused-ring (bicyclic) bond motifs is 1. The van der Waals surface area contributed by atoms with E-state index in [1.807, 2.05) is 36.4 Å². The maximum absolute atomic E-state index is 15.4. The van der Waals surface area contributed by atoms with Crippen molar-refractivity contribution in [3.8, 4) is 5.75 Å². The standard InChI is InChI=1S/C24BF20.C14H10ClN2O/c26-5-1(6(27)14(35)21(42)13(5)34)25(2-7(28)15(36)22(43)16(37)8(2)29,3-9(30)17(38)23(44)18(39)10(3)31)4-11(32)19(40)24(45)20(41)12(4)33;15-13-6-5-11-3-1-2-4-12(11)14(13)18-17-9-7-16-8-10-17/h;1-10H/q-1;+1. The summed E-state index contributed by atoms with van der Waals surface area (Å²) in [6, 6.07) is 11.8. The smallest absolute Gasteiger partial charge is 0.241 e. The van der Waals surface area contributed by atoms with Gasteiger partial charge in [0.15, 0.2) is 69.8 Å². The molecule has 0 amide bonds. The molecular formula is C38H10BClF20N2O. The zero-order valence-corrected chi connectivity index (χ0v) is 30.3. The minimum atomic E-state index is -7.22. The molecule has 1 heterocycles. The van der Waals surface area contributed by atoms with Gasteiger partial charge in [-0.25, -0.2) is 92.6 Å². The van der Waals surface area contributed by atoms with Gasteiger partial charge >= 0.3 is 0 Å². The predicted octanol–water partition coefficient (Wildman–Crippen LogP) is 8.86. The molecule has 0 bridgehead atoms. The highest BCUT2D eigenvalue weighted by atomic mass is 35.5. The first kappa shape index (κ1) is 45.9. The van der Waals surface area contributed by atoms with Gasteiger partial charge < -0.3 is 0 Å². The quantitative estimate of drug-likeness (QED) is 0.0548. The fourth-order valence-corrected chi connectivity index (χ4v) is 6.86. The van der Waals surface area contributed by atoms with Gasteiger partial charge in [0.1, 0.15) is 52.7 Å². The largest absolute Gasteiger partial charge is 0.252 e. The maximum Gasteiger partial charge on any atom is 0.241 e. The van der Waals surface area contributed by atoms with Crippen LogP contribution in [-0.4, -0.2) is 11.1 Å². The Morgan fingerprint density at radius 3 is 0.984 bits per heavy atom. The number of nitrogens with zero attached hydrogens (tertiary/aromatic N) is 2. The first-order valence-electron chi connectivity index (χ1n) is 16.4. The Kier molecular flexibility index (Phi) is 12.4. The summed E-state index contributed by atoms with van der Waals surface area (Å²) in [6.07, 6.45) is -0.473. The third-order valence-corrected chi connectivity index (χ3v) is 9.63. The summed E-state index contributed by atoms with van der Waals surface area (Å²) in [7, 11) is 0. The summed E-state index contributed by atoms with van der Waals surface area (Å²) in [5.41, 5.74) is -14.3. The van der Waals surface area contributed by atoms with Crippen molar-refractivity contribution in [2.24, 2.45) is 0 Å². The van der Waals surface area contributed by atoms with Crippen molar-refractivity contribution in [1.29, 1.82) is 0 Å². The van der Waals surface area contributed by atoms with E-state index in [0.717, 1.165) is 10.8 Å². The summed E-state index contributed by atoms with van der Waals surface area (Å²) >= 11 is 6.20. The Morgan fingerprint density at radius 1 is 0.381 bits per heavy atom. The van der Waals surface area contributed by atoms with Gasteiger partial charge in [0.25, 0.3) is 0 Å². The van der Waals surface area contributed by atoms with Crippen molar-refractivity contribution in [1.82, 2.24) is 4.98 Å². The molecular weight excluding hydrogens is 927 g/mol. The molecule has 63 heavy (non-hydrogen) atoms. The SMILES string of the molecule is Clc1ccc2ccccc2c1O[n+]1ccncc1.Fc1c(F)c(F)c([B-](c2c(F)c(F)c(F)c(F)c2F)(c2c(F)c(F)c(F)c(F)c2F)c2c(F)c(F)c(F)c(F)c2F)c(F)c1F. The zero-order chi connectivity index (χ0) is 46.7. The van der Waals surface area contributed by atoms with E-state index in [0.29, 0.717) is 10.8 Å². The molecule has 6 aromatic carbocycles. The van der Waals surface area contributed by atoms with Gasteiger partial charge in [0, 0.05) is 10.1 Å². The van der Waals surface area contributed by atoms with E-state index in [2.05, 4.69) is 4.98 Å². The lowest BCUT2D eigenvalue weighted by Gasteiger charge is -2.44. The van der Waals surface area contributed by atoms with Crippen LogP contribution in [-0.2, 0) is 0 Å². The van der Waals surface area contributed by atoms with Crippen LogP contribution in [0.15, 0.2) is 61.2 Å². The van der Waals surface area contributed by atoms with Crippen molar-refractivity contribution in [3.05, 3.63) is 183 Å². The lowest BCUT2D eigenvalue weighted by molar-refractivity contribution is -0.875. The van der Waals surface area contributed by atoms with Crippen molar-refractivity contribution >= 4 is 50.4 Å². The number of hydrogen-bond donors (Lipinski definition) is 0. The second kappa shape index (κ2) is 16.9. The van der Waals surface area contributed by atoms with Crippen LogP contribution in [0.25, 0.3) is 10.8 Å². The number of aromatic nitrogens is 2. The number of benzene rings is 6. The van der Waals surface area contributed by atoms with Crippen LogP contribution in [0.3, 0.4) is 0 Å². The molecule has 0 saturated heterocycles. The number of hydrogen-bond acceptors (Lipinski definition) is 2. The molecule has 0 aliphatic carbocycles. The summed E-state index contributed by atoms with van der Waals surface area (Å²) in [6.45, 7) is 0. The molecule has 0 N–H and O–H groups in total. The van der Waals surface area contributed by atoms with Gasteiger partial charge in [-0.15, -0.1) is 21.9 Å². The third kappa shape index (κ3) is 7.08. The molecule has 328 valence electrons. The van der Waals surface area contributed by atoms with Crippen LogP contribution in [0, 0.1) is 116 Å². The molecule has 7 rings (SSSR count). The second-order valence-corrected chi connectivity index (χ2v) is 13.0. The normalized spacial score (nSPS) is 11.6. The van der Waals surface area contributed by atoms with Crippen LogP contribution >= 0.6 is 11.6 Å². The van der Waals surface area contributed by atoms with E-state index in [-0.39, 0.29) is 0 Å². The summed E-state index contributed by atoms with van der Waals surface area (Å²) < 4.78 is 296. The fraction of sp³-hybridized carbons (Fsp3) is 0. The number of halogens is 21. The van der Waals surface area contributed by atoms with Crippen molar-refractivity contribution in [2.45, 2.75) is 0 Å². The average Bonchev–Trinajstić information content (AvgIpc) is 3.27. The highest BCUT2D eigenvalue weighted by Crippen LogP contribution is 2.33. The highest BCUT2D eigenvalue weighted by Gasteiger charge is 2.52. The van der Waals surface area contributed by atoms with Crippen LogP contribution in [0.1, 0.15) is 0 Å². The monoisotopic (exact) mass is 936 g/mol. The van der Waals surface area contributed by atoms with Crippen LogP contribution in [0.4, 0.5) is 87.8 Å². The highest BCUT2D eigenvalue weighted by molar-refractivity contribution is 7.20. The van der Waals surface area contributed by atoms with E-state index in [1.165, 1.54) is 0 Å². The molecule has 3 nitrogen and oxygen atoms in total. The second-order valence-electron chi connectivity index (χ2n) is 12.6. The minimum Gasteiger partial charge on any atom is -0.252 e. The minimum absolute atomic E-state index is 0.581. The molecule has 0 atom stereocenters. The molecule has 0 spiro atoms. The first-order chi connectivity index (χ1) is 29.5. The summed E-state index contributed by atoms with van der Waals surface area (Å²) in [5, 5.41) is 2.65. The molecule has 0 radical (unpaired) electrons. The van der Waals surface area contributed by atoms with Crippen LogP contribution in [0.5, 0.6) is 5.75 Å². The Balaban J connectivity index is 0.000000302. The summed E-state index contributed by atoms with van der Waals surface area (Å²) in [5.74, 6) is -70.8. The zero-order valence-electron chi connectivity index (χ0n) is 29.6. The molecule has 0 aliphatic rings. The van der Waals surface area contributed by atoms with Crippen molar-refractivity contribution < 1.29 is 97.4 Å². The van der Waals surface area contributed by atoms with E-state index in [9.17, 15) is 52.7 Å². The van der Waals surface area contributed by atoms with Gasteiger partial charge in [-0.05, 0) is 11.5 Å². The van der Waals surface area contributed by atoms with Crippen molar-refractivity contribution in [3.63, 3.8) is 0 Å². The topological polar surface area (TPSA) is 26.0 Å². The van der Waals surface area contributed by atoms with E-state index in [1.54, 1.807) is 29.5 Å². The van der Waals surface area contributed by atoms with E-state index in [4.69, 9.17) is 16.4 Å². The van der Waals surface area contributed by atoms with E-state index >= 15 is 35.1 Å². The Hall–Kier alpha value is -6.59. The average molecular weight is 937 g/mol. The van der Waals surface area contributed by atoms with E-state index < -0.39 is 144 Å². The maximum atomic E-state index is 15.4. The fourth-order valence-electron chi connectivity index (χ4n) is 6.66. The lowest BCUT2D eigenvalue weighted by Crippen LogP contribution is -2.81.